The molecule has 0 N–H and O–H groups in total. The van der Waals surface area contributed by atoms with Gasteiger partial charge in [-0.3, -0.25) is 0 Å². The van der Waals surface area contributed by atoms with Crippen molar-refractivity contribution in [2.75, 3.05) is 14.1 Å². The van der Waals surface area contributed by atoms with Gasteiger partial charge in [0.25, 0.3) is 0 Å². The number of likely N-dealkylation sites (tertiary alicyclic amines) is 1. The molecule has 1 heterocycles. The molecular weight excluding hydrogens is 194 g/mol. The molecule has 0 saturated carbocycles. The average molecular weight is 228 g/mol. The van der Waals surface area contributed by atoms with Crippen LogP contribution in [0.5, 0.6) is 0 Å². The van der Waals surface area contributed by atoms with Crippen molar-refractivity contribution in [3.8, 4) is 0 Å². The minimum Gasteiger partial charge on any atom is -0.323 e. The van der Waals surface area contributed by atoms with Gasteiger partial charge in [0.2, 0.25) is 0 Å². The Hall–Kier alpha value is -0.0400. The molecule has 1 fully saturated rings. The molecule has 1 nitrogen and oxygen atoms in total. The van der Waals surface area contributed by atoms with Gasteiger partial charge in [0.1, 0.15) is 0 Å². The number of nitrogens with zero attached hydrogens (tertiary/aromatic N) is 1. The Labute approximate surface area is 104 Å². The van der Waals surface area contributed by atoms with Crippen LogP contribution < -0.4 is 0 Å². The Bertz CT molecular complexity index is 164. The van der Waals surface area contributed by atoms with Crippen LogP contribution in [-0.4, -0.2) is 30.7 Å². The molecule has 0 radical (unpaired) electrons. The summed E-state index contributed by atoms with van der Waals surface area (Å²) in [6, 6.07) is 1.74. The van der Waals surface area contributed by atoms with Crippen molar-refractivity contribution in [1.29, 1.82) is 0 Å². The molecule has 1 aliphatic rings. The van der Waals surface area contributed by atoms with Gasteiger partial charge in [-0.1, -0.05) is 41.5 Å². The molecule has 1 rings (SSSR count). The van der Waals surface area contributed by atoms with Crippen molar-refractivity contribution in [2.45, 2.75) is 72.9 Å². The van der Waals surface area contributed by atoms with E-state index in [0.717, 1.165) is 23.9 Å². The van der Waals surface area contributed by atoms with Crippen molar-refractivity contribution in [1.82, 2.24) is 0 Å². The Balaban J connectivity index is 0.00000106. The molecule has 0 aromatic rings. The topological polar surface area (TPSA) is 0 Å². The van der Waals surface area contributed by atoms with Gasteiger partial charge in [0.15, 0.2) is 0 Å². The fourth-order valence-electron chi connectivity index (χ4n) is 3.65. The molecule has 2 unspecified atom stereocenters. The van der Waals surface area contributed by atoms with E-state index in [4.69, 9.17) is 0 Å². The van der Waals surface area contributed by atoms with Crippen molar-refractivity contribution in [3.63, 3.8) is 0 Å². The molecule has 1 heteroatoms. The first kappa shape index (κ1) is 16.0. The van der Waals surface area contributed by atoms with Crippen molar-refractivity contribution >= 4 is 0 Å². The zero-order valence-electron chi connectivity index (χ0n) is 12.9. The van der Waals surface area contributed by atoms with E-state index in [2.05, 4.69) is 41.8 Å². The molecular formula is C15H34N+. The van der Waals surface area contributed by atoms with E-state index in [0.29, 0.717) is 0 Å². The van der Waals surface area contributed by atoms with Crippen molar-refractivity contribution < 1.29 is 4.48 Å². The highest BCUT2D eigenvalue weighted by atomic mass is 15.4. The van der Waals surface area contributed by atoms with Crippen LogP contribution in [0.25, 0.3) is 0 Å². The normalized spacial score (nSPS) is 28.9. The maximum absolute atomic E-state index is 2.44. The third-order valence-electron chi connectivity index (χ3n) is 4.25. The highest BCUT2D eigenvalue weighted by Gasteiger charge is 2.42. The van der Waals surface area contributed by atoms with E-state index in [1.165, 1.54) is 23.7 Å². The van der Waals surface area contributed by atoms with E-state index in [-0.39, 0.29) is 0 Å². The summed E-state index contributed by atoms with van der Waals surface area (Å²) >= 11 is 0. The van der Waals surface area contributed by atoms with Crippen LogP contribution >= 0.6 is 0 Å². The van der Waals surface area contributed by atoms with E-state index < -0.39 is 0 Å². The first-order valence-electron chi connectivity index (χ1n) is 7.20. The van der Waals surface area contributed by atoms with E-state index in [9.17, 15) is 0 Å². The molecule has 0 bridgehead atoms. The number of hydrogen-bond acceptors (Lipinski definition) is 0. The lowest BCUT2D eigenvalue weighted by molar-refractivity contribution is -0.950. The summed E-state index contributed by atoms with van der Waals surface area (Å²) in [5, 5.41) is 0. The van der Waals surface area contributed by atoms with Crippen LogP contribution in [0.2, 0.25) is 0 Å². The lowest BCUT2D eigenvalue weighted by Gasteiger charge is -2.51. The Morgan fingerprint density at radius 3 is 1.38 bits per heavy atom. The van der Waals surface area contributed by atoms with E-state index in [1.807, 2.05) is 13.8 Å². The second-order valence-corrected chi connectivity index (χ2v) is 6.18. The molecule has 2 atom stereocenters. The molecule has 0 amide bonds. The monoisotopic (exact) mass is 228 g/mol. The van der Waals surface area contributed by atoms with Gasteiger partial charge < -0.3 is 4.48 Å². The molecule has 0 spiro atoms. The third kappa shape index (κ3) is 3.48. The first-order valence-corrected chi connectivity index (χ1v) is 7.20. The van der Waals surface area contributed by atoms with Gasteiger partial charge in [-0.15, -0.1) is 0 Å². The Morgan fingerprint density at radius 1 is 0.812 bits per heavy atom. The summed E-state index contributed by atoms with van der Waals surface area (Å²) in [4.78, 5) is 0. The Morgan fingerprint density at radius 2 is 1.12 bits per heavy atom. The standard InChI is InChI=1S/C13H28N.C2H6/c1-10(2)12-8-7-9-13(11(3)4)14(12,5)6;1-2/h10-13H,7-9H2,1-6H3;1-2H3/q+1;. The van der Waals surface area contributed by atoms with Crippen LogP contribution in [0.3, 0.4) is 0 Å². The lowest BCUT2D eigenvalue weighted by atomic mass is 9.83. The highest BCUT2D eigenvalue weighted by molar-refractivity contribution is 4.76. The highest BCUT2D eigenvalue weighted by Crippen LogP contribution is 2.35. The summed E-state index contributed by atoms with van der Waals surface area (Å²) in [7, 11) is 4.88. The second-order valence-electron chi connectivity index (χ2n) is 6.18. The summed E-state index contributed by atoms with van der Waals surface area (Å²) < 4.78 is 1.25. The quantitative estimate of drug-likeness (QED) is 0.617. The largest absolute Gasteiger partial charge is 0.323 e. The fourth-order valence-corrected chi connectivity index (χ4v) is 3.65. The molecule has 0 aliphatic carbocycles. The maximum atomic E-state index is 2.44. The van der Waals surface area contributed by atoms with E-state index in [1.54, 1.807) is 0 Å². The van der Waals surface area contributed by atoms with Gasteiger partial charge in [0, 0.05) is 11.8 Å². The summed E-state index contributed by atoms with van der Waals surface area (Å²) in [5.41, 5.74) is 0. The van der Waals surface area contributed by atoms with Gasteiger partial charge in [-0.2, -0.15) is 0 Å². The summed E-state index contributed by atoms with van der Waals surface area (Å²) in [6.07, 6.45) is 4.29. The minimum atomic E-state index is 0.826. The molecule has 1 saturated heterocycles. The number of rotatable bonds is 2. The number of hydrogen-bond donors (Lipinski definition) is 0. The van der Waals surface area contributed by atoms with Gasteiger partial charge in [0.05, 0.1) is 26.2 Å². The SMILES string of the molecule is CC.CC(C)C1CCCC(C(C)C)[N+]1(C)C. The molecule has 0 aromatic carbocycles. The van der Waals surface area contributed by atoms with Crippen LogP contribution in [0.4, 0.5) is 0 Å². The minimum absolute atomic E-state index is 0.826. The average Bonchev–Trinajstić information content (AvgIpc) is 2.18. The van der Waals surface area contributed by atoms with Crippen molar-refractivity contribution in [2.24, 2.45) is 11.8 Å². The molecule has 1 aliphatic heterocycles. The summed E-state index contributed by atoms with van der Waals surface area (Å²) in [5.74, 6) is 1.65. The van der Waals surface area contributed by atoms with Crippen molar-refractivity contribution in [3.05, 3.63) is 0 Å². The maximum Gasteiger partial charge on any atom is 0.0911 e. The second kappa shape index (κ2) is 6.64. The van der Waals surface area contributed by atoms with Crippen LogP contribution in [-0.2, 0) is 0 Å². The Kier molecular flexibility index (Phi) is 6.62. The molecule has 0 aromatic heterocycles. The van der Waals surface area contributed by atoms with Gasteiger partial charge in [-0.05, 0) is 19.3 Å². The van der Waals surface area contributed by atoms with Gasteiger partial charge in [-0.25, -0.2) is 0 Å². The number of quaternary nitrogens is 1. The lowest BCUT2D eigenvalue weighted by Crippen LogP contribution is -2.61. The van der Waals surface area contributed by atoms with Gasteiger partial charge >= 0.3 is 0 Å². The third-order valence-corrected chi connectivity index (χ3v) is 4.25. The van der Waals surface area contributed by atoms with Crippen LogP contribution in [0, 0.1) is 11.8 Å². The first-order chi connectivity index (χ1) is 7.37. The zero-order chi connectivity index (χ0) is 12.9. The molecule has 98 valence electrons. The predicted molar refractivity (Wildman–Crippen MR) is 74.6 cm³/mol. The van der Waals surface area contributed by atoms with Crippen LogP contribution in [0.1, 0.15) is 60.8 Å². The van der Waals surface area contributed by atoms with Crippen LogP contribution in [0.15, 0.2) is 0 Å². The zero-order valence-corrected chi connectivity index (χ0v) is 12.9. The summed E-state index contributed by atoms with van der Waals surface area (Å²) in [6.45, 7) is 13.5. The predicted octanol–water partition coefficient (Wildman–Crippen LogP) is 4.32. The van der Waals surface area contributed by atoms with E-state index >= 15 is 0 Å². The fraction of sp³-hybridized carbons (Fsp3) is 1.00. The smallest absolute Gasteiger partial charge is 0.0911 e. The number of piperidine rings is 1. The molecule has 16 heavy (non-hydrogen) atoms.